The number of nitrogens with two attached hydrogens (primary N) is 1. The highest BCUT2D eigenvalue weighted by molar-refractivity contribution is 14.1. The summed E-state index contributed by atoms with van der Waals surface area (Å²) in [6.45, 7) is 7.38. The van der Waals surface area contributed by atoms with Crippen molar-refractivity contribution >= 4 is 28.4 Å². The summed E-state index contributed by atoms with van der Waals surface area (Å²) in [5.41, 5.74) is 7.96. The lowest BCUT2D eigenvalue weighted by Gasteiger charge is -2.10. The Balaban J connectivity index is 2.37. The van der Waals surface area contributed by atoms with Crippen LogP contribution in [0.1, 0.15) is 32.9 Å². The van der Waals surface area contributed by atoms with Gasteiger partial charge in [0, 0.05) is 12.7 Å². The Morgan fingerprint density at radius 1 is 1.35 bits per heavy atom. The molecule has 0 bridgehead atoms. The van der Waals surface area contributed by atoms with Gasteiger partial charge in [-0.05, 0) is 41.4 Å². The van der Waals surface area contributed by atoms with Crippen LogP contribution < -0.4 is 5.73 Å². The maximum atomic E-state index is 6.01. The van der Waals surface area contributed by atoms with Crippen molar-refractivity contribution in [1.29, 1.82) is 0 Å². The quantitative estimate of drug-likeness (QED) is 0.803. The molecular formula is C14H20IN5. The van der Waals surface area contributed by atoms with Crippen molar-refractivity contribution in [2.45, 2.75) is 40.2 Å². The molecule has 6 heteroatoms. The fraction of sp³-hybridized carbons (Fsp3) is 0.500. The van der Waals surface area contributed by atoms with Crippen LogP contribution in [0.4, 0.5) is 5.82 Å². The van der Waals surface area contributed by atoms with Crippen molar-refractivity contribution in [2.24, 2.45) is 5.92 Å². The van der Waals surface area contributed by atoms with Gasteiger partial charge in [-0.1, -0.05) is 20.8 Å². The Bertz CT molecular complexity index is 591. The predicted octanol–water partition coefficient (Wildman–Crippen LogP) is 3.14. The highest BCUT2D eigenvalue weighted by Gasteiger charge is 2.13. The molecule has 2 aromatic rings. The number of aromatic nitrogens is 4. The molecule has 108 valence electrons. The average molecular weight is 385 g/mol. The van der Waals surface area contributed by atoms with Crippen LogP contribution in [0, 0.1) is 9.49 Å². The van der Waals surface area contributed by atoms with Gasteiger partial charge in [0.2, 0.25) is 0 Å². The molecule has 0 atom stereocenters. The van der Waals surface area contributed by atoms with Crippen LogP contribution in [-0.2, 0) is 13.0 Å². The van der Waals surface area contributed by atoms with Gasteiger partial charge < -0.3 is 5.73 Å². The number of hydrogen-bond acceptors (Lipinski definition) is 4. The normalized spacial score (nSPS) is 11.2. The first kappa shape index (κ1) is 15.2. The van der Waals surface area contributed by atoms with Crippen molar-refractivity contribution in [3.63, 3.8) is 0 Å². The third-order valence-corrected chi connectivity index (χ3v) is 4.07. The van der Waals surface area contributed by atoms with Gasteiger partial charge in [-0.2, -0.15) is 5.10 Å². The zero-order valence-electron chi connectivity index (χ0n) is 12.1. The van der Waals surface area contributed by atoms with Gasteiger partial charge >= 0.3 is 0 Å². The first-order valence-corrected chi connectivity index (χ1v) is 7.93. The summed E-state index contributed by atoms with van der Waals surface area (Å²) >= 11 is 2.22. The van der Waals surface area contributed by atoms with Crippen molar-refractivity contribution in [1.82, 2.24) is 19.7 Å². The Hall–Kier alpha value is -1.18. The van der Waals surface area contributed by atoms with E-state index in [1.165, 1.54) is 0 Å². The standard InChI is InChI=1S/C14H20IN5/c1-4-5-20-8-10(7-17-20)14-18-11(6-9(2)3)12(15)13(16)19-14/h7-9H,4-6H2,1-3H3,(H2,16,18,19). The molecule has 5 nitrogen and oxygen atoms in total. The summed E-state index contributed by atoms with van der Waals surface area (Å²) in [6.07, 6.45) is 5.73. The number of aryl methyl sites for hydroxylation is 1. The summed E-state index contributed by atoms with van der Waals surface area (Å²) in [5.74, 6) is 1.75. The Labute approximate surface area is 133 Å². The summed E-state index contributed by atoms with van der Waals surface area (Å²) in [7, 11) is 0. The zero-order chi connectivity index (χ0) is 14.7. The topological polar surface area (TPSA) is 69.6 Å². The molecule has 2 aromatic heterocycles. The lowest BCUT2D eigenvalue weighted by atomic mass is 10.1. The van der Waals surface area contributed by atoms with Crippen molar-refractivity contribution < 1.29 is 0 Å². The van der Waals surface area contributed by atoms with E-state index in [9.17, 15) is 0 Å². The molecule has 2 rings (SSSR count). The molecular weight excluding hydrogens is 365 g/mol. The zero-order valence-corrected chi connectivity index (χ0v) is 14.3. The molecule has 0 aromatic carbocycles. The molecule has 2 heterocycles. The highest BCUT2D eigenvalue weighted by Crippen LogP contribution is 2.23. The van der Waals surface area contributed by atoms with E-state index in [-0.39, 0.29) is 0 Å². The molecule has 0 unspecified atom stereocenters. The van der Waals surface area contributed by atoms with E-state index >= 15 is 0 Å². The molecule has 20 heavy (non-hydrogen) atoms. The maximum Gasteiger partial charge on any atom is 0.165 e. The fourth-order valence-corrected chi connectivity index (χ4v) is 2.46. The predicted molar refractivity (Wildman–Crippen MR) is 89.2 cm³/mol. The lowest BCUT2D eigenvalue weighted by molar-refractivity contribution is 0.603. The first-order chi connectivity index (χ1) is 9.51. The molecule has 0 aliphatic carbocycles. The largest absolute Gasteiger partial charge is 0.383 e. The first-order valence-electron chi connectivity index (χ1n) is 6.86. The Morgan fingerprint density at radius 2 is 2.10 bits per heavy atom. The summed E-state index contributed by atoms with van der Waals surface area (Å²) in [4.78, 5) is 9.06. The molecule has 2 N–H and O–H groups in total. The molecule has 0 saturated carbocycles. The second kappa shape index (κ2) is 6.51. The highest BCUT2D eigenvalue weighted by atomic mass is 127. The molecule has 0 fully saturated rings. The van der Waals surface area contributed by atoms with E-state index < -0.39 is 0 Å². The van der Waals surface area contributed by atoms with Crippen molar-refractivity contribution in [3.05, 3.63) is 21.7 Å². The third kappa shape index (κ3) is 3.47. The minimum Gasteiger partial charge on any atom is -0.383 e. The summed E-state index contributed by atoms with van der Waals surface area (Å²) < 4.78 is 2.87. The second-order valence-corrected chi connectivity index (χ2v) is 6.36. The second-order valence-electron chi connectivity index (χ2n) is 5.28. The number of nitrogens with zero attached hydrogens (tertiary/aromatic N) is 4. The molecule has 0 spiro atoms. The van der Waals surface area contributed by atoms with Crippen LogP contribution in [0.5, 0.6) is 0 Å². The van der Waals surface area contributed by atoms with Crippen LogP contribution in [0.3, 0.4) is 0 Å². The van der Waals surface area contributed by atoms with E-state index in [4.69, 9.17) is 5.73 Å². The number of anilines is 1. The van der Waals surface area contributed by atoms with Gasteiger partial charge in [-0.3, -0.25) is 4.68 Å². The van der Waals surface area contributed by atoms with Gasteiger partial charge in [0.05, 0.1) is 21.0 Å². The monoisotopic (exact) mass is 385 g/mol. The van der Waals surface area contributed by atoms with Crippen LogP contribution >= 0.6 is 22.6 Å². The van der Waals surface area contributed by atoms with Gasteiger partial charge in [-0.25, -0.2) is 9.97 Å². The van der Waals surface area contributed by atoms with Gasteiger partial charge in [0.1, 0.15) is 5.82 Å². The van der Waals surface area contributed by atoms with Crippen LogP contribution in [-0.4, -0.2) is 19.7 Å². The molecule has 0 amide bonds. The molecule has 0 saturated heterocycles. The minimum atomic E-state index is 0.536. The van der Waals surface area contributed by atoms with Crippen LogP contribution in [0.2, 0.25) is 0 Å². The lowest BCUT2D eigenvalue weighted by Crippen LogP contribution is -2.07. The van der Waals surface area contributed by atoms with Gasteiger partial charge in [0.15, 0.2) is 5.82 Å². The summed E-state index contributed by atoms with van der Waals surface area (Å²) in [6, 6.07) is 0. The van der Waals surface area contributed by atoms with E-state index in [0.717, 1.165) is 34.2 Å². The van der Waals surface area contributed by atoms with Crippen LogP contribution in [0.15, 0.2) is 12.4 Å². The van der Waals surface area contributed by atoms with Gasteiger partial charge in [-0.15, -0.1) is 0 Å². The number of rotatable bonds is 5. The minimum absolute atomic E-state index is 0.536. The molecule has 0 radical (unpaired) electrons. The SMILES string of the molecule is CCCn1cc(-c2nc(N)c(I)c(CC(C)C)n2)cn1. The number of nitrogen functional groups attached to an aromatic ring is 1. The Morgan fingerprint density at radius 3 is 2.75 bits per heavy atom. The molecule has 0 aliphatic heterocycles. The van der Waals surface area contributed by atoms with Crippen LogP contribution in [0.25, 0.3) is 11.4 Å². The maximum absolute atomic E-state index is 6.01. The van der Waals surface area contributed by atoms with Crippen molar-refractivity contribution in [3.8, 4) is 11.4 Å². The van der Waals surface area contributed by atoms with E-state index in [1.807, 2.05) is 10.9 Å². The number of halogens is 1. The fourth-order valence-electron chi connectivity index (χ4n) is 1.99. The smallest absolute Gasteiger partial charge is 0.165 e. The van der Waals surface area contributed by atoms with E-state index in [0.29, 0.717) is 17.6 Å². The average Bonchev–Trinajstić information content (AvgIpc) is 2.83. The Kier molecular flexibility index (Phi) is 4.95. The number of hydrogen-bond donors (Lipinski definition) is 1. The third-order valence-electron chi connectivity index (χ3n) is 2.89. The summed E-state index contributed by atoms with van der Waals surface area (Å²) in [5, 5.41) is 4.32. The molecule has 0 aliphatic rings. The van der Waals surface area contributed by atoms with E-state index in [2.05, 4.69) is 58.4 Å². The van der Waals surface area contributed by atoms with Gasteiger partial charge in [0.25, 0.3) is 0 Å². The van der Waals surface area contributed by atoms with E-state index in [1.54, 1.807) is 6.20 Å². The van der Waals surface area contributed by atoms with Crippen molar-refractivity contribution in [2.75, 3.05) is 5.73 Å².